The van der Waals surface area contributed by atoms with Crippen LogP contribution in [0.5, 0.6) is 0 Å². The number of alkyl carbamates (subject to hydrolysis) is 1. The van der Waals surface area contributed by atoms with E-state index in [4.69, 9.17) is 4.74 Å². The third-order valence-corrected chi connectivity index (χ3v) is 9.34. The van der Waals surface area contributed by atoms with E-state index in [0.717, 1.165) is 37.6 Å². The summed E-state index contributed by atoms with van der Waals surface area (Å²) < 4.78 is 89.1. The van der Waals surface area contributed by atoms with Crippen LogP contribution in [-0.2, 0) is 32.4 Å². The topological polar surface area (TPSA) is 105 Å². The van der Waals surface area contributed by atoms with Gasteiger partial charge >= 0.3 is 6.09 Å². The summed E-state index contributed by atoms with van der Waals surface area (Å²) in [5, 5.41) is 5.65. The molecule has 1 fully saturated rings. The maximum atomic E-state index is 15.3. The van der Waals surface area contributed by atoms with Gasteiger partial charge in [0.2, 0.25) is 10.0 Å². The lowest BCUT2D eigenvalue weighted by Gasteiger charge is -2.39. The third kappa shape index (κ3) is 8.47. The predicted molar refractivity (Wildman–Crippen MR) is 160 cm³/mol. The summed E-state index contributed by atoms with van der Waals surface area (Å²) in [5.41, 5.74) is 0.760. The number of piperazine rings is 1. The van der Waals surface area contributed by atoms with Crippen LogP contribution in [0.25, 0.3) is 0 Å². The number of Topliss-reactive ketones (excluding diaryl/α,β-unsaturated/α-hetero) is 1. The Kier molecular flexibility index (Phi) is 11.0. The van der Waals surface area contributed by atoms with Crippen molar-refractivity contribution in [1.82, 2.24) is 14.9 Å². The first-order valence-electron chi connectivity index (χ1n) is 14.3. The lowest BCUT2D eigenvalue weighted by molar-refractivity contribution is -0.120. The van der Waals surface area contributed by atoms with E-state index in [0.29, 0.717) is 24.7 Å². The first kappa shape index (κ1) is 34.1. The van der Waals surface area contributed by atoms with Crippen LogP contribution in [0.1, 0.15) is 41.5 Å². The van der Waals surface area contributed by atoms with Gasteiger partial charge in [0, 0.05) is 43.6 Å². The van der Waals surface area contributed by atoms with E-state index in [9.17, 15) is 31.2 Å². The van der Waals surface area contributed by atoms with Gasteiger partial charge in [-0.2, -0.15) is 4.31 Å². The van der Waals surface area contributed by atoms with Crippen LogP contribution >= 0.6 is 0 Å². The van der Waals surface area contributed by atoms with Crippen molar-refractivity contribution in [2.45, 2.75) is 50.2 Å². The fraction of sp³-hybridized carbons (Fsp3) is 0.375. The number of rotatable bonds is 11. The summed E-state index contributed by atoms with van der Waals surface area (Å²) in [4.78, 5) is 26.5. The zero-order valence-electron chi connectivity index (χ0n) is 25.0. The van der Waals surface area contributed by atoms with Gasteiger partial charge in [-0.1, -0.05) is 24.3 Å². The highest BCUT2D eigenvalue weighted by Crippen LogP contribution is 2.32. The maximum Gasteiger partial charge on any atom is 0.407 e. The number of ether oxygens (including phenoxy) is 1. The molecule has 1 saturated heterocycles. The van der Waals surface area contributed by atoms with Gasteiger partial charge in [-0.25, -0.2) is 30.8 Å². The van der Waals surface area contributed by atoms with Crippen molar-refractivity contribution in [3.05, 3.63) is 106 Å². The van der Waals surface area contributed by atoms with E-state index < -0.39 is 69.6 Å². The van der Waals surface area contributed by atoms with Crippen molar-refractivity contribution >= 4 is 21.9 Å². The lowest BCUT2D eigenvalue weighted by Crippen LogP contribution is -2.58. The average molecular weight is 650 g/mol. The van der Waals surface area contributed by atoms with E-state index in [2.05, 4.69) is 10.6 Å². The Balaban J connectivity index is 1.70. The largest absolute Gasteiger partial charge is 0.453 e. The van der Waals surface area contributed by atoms with Crippen molar-refractivity contribution in [3.63, 3.8) is 0 Å². The minimum absolute atomic E-state index is 0.00638. The highest BCUT2D eigenvalue weighted by molar-refractivity contribution is 7.88. The molecule has 8 nitrogen and oxygen atoms in total. The number of carbonyl (C=O) groups excluding carboxylic acids is 2. The molecule has 1 aliphatic heterocycles. The molecule has 3 aromatic rings. The van der Waals surface area contributed by atoms with E-state index in [1.807, 2.05) is 0 Å². The monoisotopic (exact) mass is 649 g/mol. The molecule has 0 unspecified atom stereocenters. The number of amides is 1. The smallest absolute Gasteiger partial charge is 0.407 e. The summed E-state index contributed by atoms with van der Waals surface area (Å²) in [5.74, 6) is -4.86. The van der Waals surface area contributed by atoms with Crippen molar-refractivity contribution in [2.75, 3.05) is 26.5 Å². The summed E-state index contributed by atoms with van der Waals surface area (Å²) in [6, 6.07) is 9.57. The Labute approximate surface area is 259 Å². The number of hydrogen-bond donors (Lipinski definition) is 2. The van der Waals surface area contributed by atoms with Crippen LogP contribution in [0.2, 0.25) is 0 Å². The van der Waals surface area contributed by atoms with Gasteiger partial charge in [0.25, 0.3) is 0 Å². The molecule has 2 N–H and O–H groups in total. The molecule has 1 amide bonds. The van der Waals surface area contributed by atoms with Crippen molar-refractivity contribution in [2.24, 2.45) is 0 Å². The zero-order valence-corrected chi connectivity index (χ0v) is 25.8. The van der Waals surface area contributed by atoms with E-state index in [1.54, 1.807) is 13.0 Å². The molecule has 0 bridgehead atoms. The number of benzene rings is 3. The molecular weight excluding hydrogens is 614 g/mol. The molecule has 0 aromatic heterocycles. The summed E-state index contributed by atoms with van der Waals surface area (Å²) in [6.07, 6.45) is 0.0950. The normalized spacial score (nSPS) is 18.6. The third-order valence-electron chi connectivity index (χ3n) is 7.92. The van der Waals surface area contributed by atoms with E-state index in [1.165, 1.54) is 28.6 Å². The lowest BCUT2D eigenvalue weighted by atomic mass is 9.81. The van der Waals surface area contributed by atoms with Gasteiger partial charge in [-0.15, -0.1) is 0 Å². The summed E-state index contributed by atoms with van der Waals surface area (Å²) in [7, 11) is -2.47. The molecule has 0 radical (unpaired) electrons. The molecule has 45 heavy (non-hydrogen) atoms. The number of hydrogen-bond acceptors (Lipinski definition) is 6. The predicted octanol–water partition coefficient (Wildman–Crippen LogP) is 4.47. The quantitative estimate of drug-likeness (QED) is 0.298. The zero-order chi connectivity index (χ0) is 32.9. The molecular formula is C32H35F4N3O5S. The molecule has 0 spiro atoms. The van der Waals surface area contributed by atoms with Gasteiger partial charge in [0.1, 0.15) is 29.3 Å². The molecule has 0 saturated carbocycles. The number of sulfonamides is 1. The van der Waals surface area contributed by atoms with Crippen LogP contribution < -0.4 is 10.6 Å². The number of ketones is 1. The number of carbonyl (C=O) groups is 2. The Morgan fingerprint density at radius 2 is 1.64 bits per heavy atom. The summed E-state index contributed by atoms with van der Waals surface area (Å²) >= 11 is 0. The number of nitrogens with zero attached hydrogens (tertiary/aromatic N) is 1. The highest BCUT2D eigenvalue weighted by Gasteiger charge is 2.36. The minimum atomic E-state index is -3.55. The van der Waals surface area contributed by atoms with E-state index in [-0.39, 0.29) is 35.6 Å². The first-order chi connectivity index (χ1) is 21.3. The molecule has 4 atom stereocenters. The van der Waals surface area contributed by atoms with Crippen LogP contribution in [0, 0.1) is 23.3 Å². The van der Waals surface area contributed by atoms with Gasteiger partial charge in [0.15, 0.2) is 5.78 Å². The van der Waals surface area contributed by atoms with Crippen molar-refractivity contribution in [1.29, 1.82) is 0 Å². The van der Waals surface area contributed by atoms with E-state index >= 15 is 4.39 Å². The SMILES string of the molecule is COC(=O)N[C@H](C(=O)Cc1cccc(F)c1CC[C@H]1CNC[C@H](C)N1S(C)(=O)=O)[C@@H](c1ccc(F)cc1)c1cc(F)cc(F)c1. The average Bonchev–Trinajstić information content (AvgIpc) is 2.96. The molecule has 242 valence electrons. The molecule has 13 heteroatoms. The Morgan fingerprint density at radius 1 is 0.978 bits per heavy atom. The minimum Gasteiger partial charge on any atom is -0.453 e. The second kappa shape index (κ2) is 14.5. The van der Waals surface area contributed by atoms with Crippen LogP contribution in [-0.4, -0.2) is 69.2 Å². The molecule has 1 heterocycles. The van der Waals surface area contributed by atoms with Gasteiger partial charge in [0.05, 0.1) is 13.4 Å². The van der Waals surface area contributed by atoms with Crippen molar-refractivity contribution in [3.8, 4) is 0 Å². The maximum absolute atomic E-state index is 15.3. The summed E-state index contributed by atoms with van der Waals surface area (Å²) in [6.45, 7) is 2.63. The van der Waals surface area contributed by atoms with Gasteiger partial charge in [-0.05, 0) is 72.4 Å². The highest BCUT2D eigenvalue weighted by atomic mass is 32.2. The van der Waals surface area contributed by atoms with Crippen LogP contribution in [0.15, 0.2) is 60.7 Å². The number of halogens is 4. The van der Waals surface area contributed by atoms with Gasteiger partial charge in [-0.3, -0.25) is 4.79 Å². The molecule has 1 aliphatic rings. The molecule has 0 aliphatic carbocycles. The second-order valence-corrected chi connectivity index (χ2v) is 13.0. The Bertz CT molecular complexity index is 1620. The van der Waals surface area contributed by atoms with Crippen LogP contribution in [0.3, 0.4) is 0 Å². The van der Waals surface area contributed by atoms with Gasteiger partial charge < -0.3 is 15.4 Å². The number of nitrogens with one attached hydrogen (secondary N) is 2. The molecule has 3 aromatic carbocycles. The van der Waals surface area contributed by atoms with Crippen LogP contribution in [0.4, 0.5) is 22.4 Å². The standard InChI is InChI=1S/C32H35F4N3O5S/c1-19-17-37-18-26(39(19)45(3,42)43)11-12-27-21(5-4-6-28(27)36)15-29(40)31(38-32(41)44-2)30(20-7-9-23(33)10-8-20)22-13-24(34)16-25(35)14-22/h4-10,13-14,16,19,26,30-31,37H,11-12,15,17-18H2,1-3H3,(H,38,41)/t19-,26-,30-,31+/m0/s1. The Morgan fingerprint density at radius 3 is 2.27 bits per heavy atom. The van der Waals surface area contributed by atoms with Crippen molar-refractivity contribution < 1.29 is 40.3 Å². The first-order valence-corrected chi connectivity index (χ1v) is 16.2. The second-order valence-electron chi connectivity index (χ2n) is 11.2. The molecule has 4 rings (SSSR count). The Hall–Kier alpha value is -3.81. The number of methoxy groups -OCH3 is 1. The fourth-order valence-corrected chi connectivity index (χ4v) is 7.47. The fourth-order valence-electron chi connectivity index (χ4n) is 6.02.